The van der Waals surface area contributed by atoms with E-state index in [9.17, 15) is 9.59 Å². The van der Waals surface area contributed by atoms with Gasteiger partial charge in [0, 0.05) is 50.0 Å². The molecule has 1 atom stereocenters. The Hall–Kier alpha value is -2.93. The Balaban J connectivity index is 1.26. The Kier molecular flexibility index (Phi) is 6.06. The number of nitrogens with two attached hydrogens (primary N) is 1. The molecule has 0 spiro atoms. The second-order valence-electron chi connectivity index (χ2n) is 9.95. The molecular weight excluding hydrogens is 431 g/mol. The highest BCUT2D eigenvalue weighted by Crippen LogP contribution is 2.44. The van der Waals surface area contributed by atoms with Gasteiger partial charge in [0.05, 0.1) is 11.1 Å². The molecule has 5 rings (SSSR count). The van der Waals surface area contributed by atoms with Crippen molar-refractivity contribution >= 4 is 17.5 Å². The third-order valence-electron chi connectivity index (χ3n) is 7.67. The van der Waals surface area contributed by atoms with E-state index in [2.05, 4.69) is 34.1 Å². The van der Waals surface area contributed by atoms with Gasteiger partial charge in [-0.15, -0.1) is 0 Å². The highest BCUT2D eigenvalue weighted by molar-refractivity contribution is 6.10. The van der Waals surface area contributed by atoms with Crippen molar-refractivity contribution in [3.63, 3.8) is 0 Å². The summed E-state index contributed by atoms with van der Waals surface area (Å²) in [6, 6.07) is 13.3. The number of rotatable bonds is 5. The first kappa shape index (κ1) is 22.8. The van der Waals surface area contributed by atoms with E-state index in [1.54, 1.807) is 12.1 Å². The summed E-state index contributed by atoms with van der Waals surface area (Å²) in [7, 11) is 0. The zero-order valence-corrected chi connectivity index (χ0v) is 19.8. The minimum Gasteiger partial charge on any atom is -0.372 e. The molecule has 3 heterocycles. The fourth-order valence-electron chi connectivity index (χ4n) is 5.92. The predicted octanol–water partition coefficient (Wildman–Crippen LogP) is 4.04. The van der Waals surface area contributed by atoms with Crippen LogP contribution in [0.5, 0.6) is 0 Å². The van der Waals surface area contributed by atoms with Crippen molar-refractivity contribution in [1.82, 2.24) is 9.80 Å². The number of benzene rings is 2. The molecule has 7 heteroatoms. The normalized spacial score (nSPS) is 23.9. The minimum absolute atomic E-state index is 0.0971. The van der Waals surface area contributed by atoms with Crippen molar-refractivity contribution in [2.24, 2.45) is 5.73 Å². The Labute approximate surface area is 200 Å². The number of likely N-dealkylation sites (tertiary alicyclic amines) is 1. The van der Waals surface area contributed by atoms with Crippen LogP contribution in [0.3, 0.4) is 0 Å². The fraction of sp³-hybridized carbons (Fsp3) is 0.481. The monoisotopic (exact) mass is 464 g/mol. The molecule has 3 aliphatic heterocycles. The van der Waals surface area contributed by atoms with Crippen molar-refractivity contribution in [2.45, 2.75) is 57.4 Å². The van der Waals surface area contributed by atoms with Crippen LogP contribution in [-0.2, 0) is 12.3 Å². The maximum Gasteiger partial charge on any atom is 0.258 e. The van der Waals surface area contributed by atoms with Crippen LogP contribution in [-0.4, -0.2) is 53.8 Å². The Bertz CT molecular complexity index is 1090. The van der Waals surface area contributed by atoms with E-state index in [4.69, 9.17) is 5.73 Å². The zero-order chi connectivity index (χ0) is 23.9. The number of fused-ring (bicyclic) bond motifs is 1. The molecule has 0 aliphatic carbocycles. The van der Waals surface area contributed by atoms with E-state index >= 15 is 4.39 Å². The SMILES string of the molecule is CC1(F)c2cccc(C(N)=O)c2C(=O)N1C1CCN(Cc2cccc(N3CCCCC3)c2)CC1. The van der Waals surface area contributed by atoms with Gasteiger partial charge in [0.1, 0.15) is 0 Å². The summed E-state index contributed by atoms with van der Waals surface area (Å²) in [6.07, 6.45) is 5.21. The Morgan fingerprint density at radius 2 is 1.76 bits per heavy atom. The van der Waals surface area contributed by atoms with Gasteiger partial charge in [-0.2, -0.15) is 0 Å². The molecule has 180 valence electrons. The van der Waals surface area contributed by atoms with E-state index < -0.39 is 17.6 Å². The molecule has 6 nitrogen and oxygen atoms in total. The summed E-state index contributed by atoms with van der Waals surface area (Å²) >= 11 is 0. The summed E-state index contributed by atoms with van der Waals surface area (Å²) < 4.78 is 15.9. The van der Waals surface area contributed by atoms with Crippen molar-refractivity contribution in [1.29, 1.82) is 0 Å². The topological polar surface area (TPSA) is 69.9 Å². The summed E-state index contributed by atoms with van der Waals surface area (Å²) in [5.74, 6) is -3.08. The maximum absolute atomic E-state index is 15.9. The van der Waals surface area contributed by atoms with Crippen LogP contribution in [0, 0.1) is 0 Å². The Morgan fingerprint density at radius 1 is 1.06 bits per heavy atom. The number of primary amides is 1. The van der Waals surface area contributed by atoms with Crippen LogP contribution in [0.4, 0.5) is 10.1 Å². The van der Waals surface area contributed by atoms with Crippen LogP contribution in [0.2, 0.25) is 0 Å². The molecule has 3 aliphatic rings. The molecule has 2 fully saturated rings. The molecule has 2 aromatic rings. The molecule has 0 bridgehead atoms. The molecule has 0 aromatic heterocycles. The van der Waals surface area contributed by atoms with Gasteiger partial charge < -0.3 is 10.6 Å². The average molecular weight is 465 g/mol. The zero-order valence-electron chi connectivity index (χ0n) is 19.8. The lowest BCUT2D eigenvalue weighted by molar-refractivity contribution is -0.0362. The molecule has 2 N–H and O–H groups in total. The molecule has 2 saturated heterocycles. The number of anilines is 1. The number of carbonyl (C=O) groups excluding carboxylic acids is 2. The van der Waals surface area contributed by atoms with E-state index in [-0.39, 0.29) is 22.7 Å². The van der Waals surface area contributed by atoms with Crippen molar-refractivity contribution in [2.75, 3.05) is 31.1 Å². The van der Waals surface area contributed by atoms with Crippen LogP contribution >= 0.6 is 0 Å². The van der Waals surface area contributed by atoms with Gasteiger partial charge in [-0.3, -0.25) is 19.4 Å². The molecule has 34 heavy (non-hydrogen) atoms. The lowest BCUT2D eigenvalue weighted by atomic mass is 9.98. The van der Waals surface area contributed by atoms with E-state index in [0.29, 0.717) is 12.8 Å². The third kappa shape index (κ3) is 4.06. The van der Waals surface area contributed by atoms with Crippen LogP contribution in [0.25, 0.3) is 0 Å². The molecular formula is C27H33FN4O2. The van der Waals surface area contributed by atoms with Crippen molar-refractivity contribution < 1.29 is 14.0 Å². The van der Waals surface area contributed by atoms with E-state index in [1.165, 1.54) is 48.4 Å². The summed E-state index contributed by atoms with van der Waals surface area (Å²) in [6.45, 7) is 6.09. The molecule has 0 radical (unpaired) electrons. The maximum atomic E-state index is 15.9. The fourth-order valence-corrected chi connectivity index (χ4v) is 5.92. The number of hydrogen-bond acceptors (Lipinski definition) is 4. The van der Waals surface area contributed by atoms with Gasteiger partial charge in [-0.1, -0.05) is 24.3 Å². The first-order chi connectivity index (χ1) is 16.4. The second-order valence-corrected chi connectivity index (χ2v) is 9.95. The number of amides is 2. The molecule has 2 amide bonds. The first-order valence-corrected chi connectivity index (χ1v) is 12.4. The first-order valence-electron chi connectivity index (χ1n) is 12.4. The quantitative estimate of drug-likeness (QED) is 0.678. The summed E-state index contributed by atoms with van der Waals surface area (Å²) in [5.41, 5.74) is 8.51. The highest BCUT2D eigenvalue weighted by atomic mass is 19.1. The summed E-state index contributed by atoms with van der Waals surface area (Å²) in [5, 5.41) is 0. The highest BCUT2D eigenvalue weighted by Gasteiger charge is 2.51. The van der Waals surface area contributed by atoms with Gasteiger partial charge in [-0.05, 0) is 62.8 Å². The second kappa shape index (κ2) is 9.02. The van der Waals surface area contributed by atoms with Crippen LogP contribution < -0.4 is 10.6 Å². The number of piperidine rings is 2. The molecule has 1 unspecified atom stereocenters. The third-order valence-corrected chi connectivity index (χ3v) is 7.67. The van der Waals surface area contributed by atoms with E-state index in [0.717, 1.165) is 32.7 Å². The van der Waals surface area contributed by atoms with E-state index in [1.807, 2.05) is 0 Å². The largest absolute Gasteiger partial charge is 0.372 e. The van der Waals surface area contributed by atoms with Gasteiger partial charge in [-0.25, -0.2) is 4.39 Å². The van der Waals surface area contributed by atoms with Crippen LogP contribution in [0.1, 0.15) is 70.9 Å². The number of nitrogens with zero attached hydrogens (tertiary/aromatic N) is 3. The van der Waals surface area contributed by atoms with Gasteiger partial charge in [0.25, 0.3) is 5.91 Å². The minimum atomic E-state index is -1.95. The lowest BCUT2D eigenvalue weighted by Gasteiger charge is -2.41. The predicted molar refractivity (Wildman–Crippen MR) is 130 cm³/mol. The summed E-state index contributed by atoms with van der Waals surface area (Å²) in [4.78, 5) is 31.3. The van der Waals surface area contributed by atoms with Gasteiger partial charge in [0.15, 0.2) is 0 Å². The number of carbonyl (C=O) groups is 2. The standard InChI is InChI=1S/C27H33FN4O2/c1-27(28)23-10-6-9-22(25(29)33)24(23)26(34)32(27)20-11-15-30(16-12-20)18-19-7-5-8-21(17-19)31-13-3-2-4-14-31/h5-10,17,20H,2-4,11-16,18H2,1H3,(H2,29,33). The molecule has 0 saturated carbocycles. The van der Waals surface area contributed by atoms with Crippen molar-refractivity contribution in [3.8, 4) is 0 Å². The number of alkyl halides is 1. The number of hydrogen-bond donors (Lipinski definition) is 1. The van der Waals surface area contributed by atoms with Crippen LogP contribution in [0.15, 0.2) is 42.5 Å². The lowest BCUT2D eigenvalue weighted by Crippen LogP contribution is -2.50. The Morgan fingerprint density at radius 3 is 2.47 bits per heavy atom. The number of halogens is 1. The molecule has 2 aromatic carbocycles. The van der Waals surface area contributed by atoms with Gasteiger partial charge in [0.2, 0.25) is 11.7 Å². The average Bonchev–Trinajstić information content (AvgIpc) is 3.05. The van der Waals surface area contributed by atoms with Gasteiger partial charge >= 0.3 is 0 Å². The smallest absolute Gasteiger partial charge is 0.258 e. The van der Waals surface area contributed by atoms with Crippen molar-refractivity contribution in [3.05, 3.63) is 64.7 Å².